The first kappa shape index (κ1) is 25.3. The number of hydrogen-bond donors (Lipinski definition) is 1. The van der Waals surface area contributed by atoms with E-state index < -0.39 is 0 Å². The highest BCUT2D eigenvalue weighted by Gasteiger charge is 2.20. The third-order valence-corrected chi connectivity index (χ3v) is 5.11. The van der Waals surface area contributed by atoms with Crippen LogP contribution in [0.15, 0.2) is 23.2 Å². The molecular weight excluding hydrogens is 483 g/mol. The third kappa shape index (κ3) is 7.56. The zero-order chi connectivity index (χ0) is 20.5. The van der Waals surface area contributed by atoms with E-state index in [9.17, 15) is 4.79 Å². The topological polar surface area (TPSA) is 66.4 Å². The molecule has 1 heterocycles. The fourth-order valence-corrected chi connectivity index (χ4v) is 3.55. The van der Waals surface area contributed by atoms with Gasteiger partial charge in [-0.15, -0.1) is 24.0 Å². The van der Waals surface area contributed by atoms with Crippen LogP contribution >= 0.6 is 24.0 Å². The highest BCUT2D eigenvalue weighted by atomic mass is 127. The number of rotatable bonds is 7. The van der Waals surface area contributed by atoms with Crippen LogP contribution in [0.3, 0.4) is 0 Å². The van der Waals surface area contributed by atoms with Crippen molar-refractivity contribution in [3.63, 3.8) is 0 Å². The summed E-state index contributed by atoms with van der Waals surface area (Å²) in [6, 6.07) is 5.78. The van der Waals surface area contributed by atoms with Crippen molar-refractivity contribution in [1.29, 1.82) is 0 Å². The van der Waals surface area contributed by atoms with Gasteiger partial charge in [-0.1, -0.05) is 6.92 Å². The van der Waals surface area contributed by atoms with E-state index in [2.05, 4.69) is 17.2 Å². The van der Waals surface area contributed by atoms with E-state index >= 15 is 0 Å². The van der Waals surface area contributed by atoms with Crippen LogP contribution < -0.4 is 14.8 Å². The molecule has 1 aliphatic heterocycles. The number of nitrogens with zero attached hydrogens (tertiary/aromatic N) is 3. The number of carbonyl (C=O) groups excluding carboxylic acids is 1. The minimum absolute atomic E-state index is 0. The van der Waals surface area contributed by atoms with Crippen molar-refractivity contribution in [2.45, 2.75) is 32.7 Å². The lowest BCUT2D eigenvalue weighted by molar-refractivity contribution is -0.132. The highest BCUT2D eigenvalue weighted by molar-refractivity contribution is 14.0. The maximum absolute atomic E-state index is 12.4. The average Bonchev–Trinajstić information content (AvgIpc) is 2.71. The number of nitrogens with one attached hydrogen (secondary N) is 1. The molecule has 0 saturated carbocycles. The van der Waals surface area contributed by atoms with Gasteiger partial charge in [-0.2, -0.15) is 0 Å². The van der Waals surface area contributed by atoms with Gasteiger partial charge in [0.05, 0.1) is 14.2 Å². The fourth-order valence-electron chi connectivity index (χ4n) is 3.55. The summed E-state index contributed by atoms with van der Waals surface area (Å²) in [6.07, 6.45) is 2.80. The van der Waals surface area contributed by atoms with E-state index in [1.165, 1.54) is 6.42 Å². The Balaban J connectivity index is 0.00000420. The Morgan fingerprint density at radius 2 is 2.10 bits per heavy atom. The van der Waals surface area contributed by atoms with E-state index in [1.54, 1.807) is 21.3 Å². The van der Waals surface area contributed by atoms with E-state index in [0.717, 1.165) is 42.5 Å². The first-order valence-electron chi connectivity index (χ1n) is 9.89. The lowest BCUT2D eigenvalue weighted by Gasteiger charge is -2.31. The minimum atomic E-state index is 0. The normalized spacial score (nSPS) is 16.7. The van der Waals surface area contributed by atoms with Crippen LogP contribution in [0.25, 0.3) is 0 Å². The number of guanidine groups is 1. The van der Waals surface area contributed by atoms with Crippen molar-refractivity contribution < 1.29 is 14.3 Å². The Morgan fingerprint density at radius 3 is 2.72 bits per heavy atom. The van der Waals surface area contributed by atoms with Gasteiger partial charge in [-0.25, -0.2) is 0 Å². The lowest BCUT2D eigenvalue weighted by Crippen LogP contribution is -2.42. The number of methoxy groups -OCH3 is 2. The number of amides is 1. The Kier molecular flexibility index (Phi) is 11.2. The maximum atomic E-state index is 12.4. The van der Waals surface area contributed by atoms with Gasteiger partial charge in [-0.3, -0.25) is 9.79 Å². The summed E-state index contributed by atoms with van der Waals surface area (Å²) in [5.74, 6) is 3.10. The molecule has 1 amide bonds. The molecule has 1 N–H and O–H groups in total. The molecule has 1 aromatic rings. The van der Waals surface area contributed by atoms with Crippen LogP contribution in [0, 0.1) is 5.92 Å². The quantitative estimate of drug-likeness (QED) is 0.342. The molecule has 0 aliphatic carbocycles. The Morgan fingerprint density at radius 1 is 1.34 bits per heavy atom. The number of ether oxygens (including phenoxy) is 2. The predicted octanol–water partition coefficient (Wildman–Crippen LogP) is 2.98. The summed E-state index contributed by atoms with van der Waals surface area (Å²) >= 11 is 0. The number of halogens is 1. The van der Waals surface area contributed by atoms with Gasteiger partial charge in [0.2, 0.25) is 5.91 Å². The summed E-state index contributed by atoms with van der Waals surface area (Å²) in [6.45, 7) is 5.17. The number of likely N-dealkylation sites (tertiary alicyclic amines) is 1. The van der Waals surface area contributed by atoms with Crippen LogP contribution in [0.4, 0.5) is 0 Å². The summed E-state index contributed by atoms with van der Waals surface area (Å²) in [5, 5.41) is 3.29. The molecule has 7 nitrogen and oxygen atoms in total. The molecular formula is C21H35IN4O3. The van der Waals surface area contributed by atoms with E-state index in [4.69, 9.17) is 9.47 Å². The highest BCUT2D eigenvalue weighted by Crippen LogP contribution is 2.25. The monoisotopic (exact) mass is 518 g/mol. The van der Waals surface area contributed by atoms with Crippen molar-refractivity contribution in [2.75, 3.05) is 47.9 Å². The molecule has 1 fully saturated rings. The SMILES string of the molecule is CN=C(NCCC(=O)N1CCCC(C)C1)N(C)Cc1ccc(OC)cc1OC.I. The third-order valence-electron chi connectivity index (χ3n) is 5.11. The zero-order valence-electron chi connectivity index (χ0n) is 18.2. The number of benzene rings is 1. The maximum Gasteiger partial charge on any atom is 0.224 e. The molecule has 0 bridgehead atoms. The minimum Gasteiger partial charge on any atom is -0.497 e. The van der Waals surface area contributed by atoms with Crippen LogP contribution in [-0.4, -0.2) is 69.6 Å². The van der Waals surface area contributed by atoms with Gasteiger partial charge < -0.3 is 24.6 Å². The molecule has 29 heavy (non-hydrogen) atoms. The van der Waals surface area contributed by atoms with Crippen LogP contribution in [0.1, 0.15) is 31.7 Å². The lowest BCUT2D eigenvalue weighted by atomic mass is 10.00. The first-order valence-corrected chi connectivity index (χ1v) is 9.89. The standard InChI is InChI=1S/C21H34N4O3.HI/c1-16-7-6-12-25(14-16)20(26)10-11-23-21(22-2)24(3)15-17-8-9-18(27-4)13-19(17)28-5;/h8-9,13,16H,6-7,10-12,14-15H2,1-5H3,(H,22,23);1H. The largest absolute Gasteiger partial charge is 0.497 e. The van der Waals surface area contributed by atoms with Gasteiger partial charge in [0, 0.05) is 58.3 Å². The van der Waals surface area contributed by atoms with Crippen molar-refractivity contribution in [1.82, 2.24) is 15.1 Å². The molecule has 0 radical (unpaired) electrons. The summed E-state index contributed by atoms with van der Waals surface area (Å²) in [5.41, 5.74) is 1.03. The van der Waals surface area contributed by atoms with Crippen molar-refractivity contribution in [3.05, 3.63) is 23.8 Å². The van der Waals surface area contributed by atoms with Crippen molar-refractivity contribution >= 4 is 35.8 Å². The number of aliphatic imine (C=N–C) groups is 1. The molecule has 0 aromatic heterocycles. The van der Waals surface area contributed by atoms with Crippen LogP contribution in [0.2, 0.25) is 0 Å². The molecule has 0 spiro atoms. The van der Waals surface area contributed by atoms with Gasteiger partial charge >= 0.3 is 0 Å². The summed E-state index contributed by atoms with van der Waals surface area (Å²) in [4.78, 5) is 20.8. The second-order valence-electron chi connectivity index (χ2n) is 7.34. The molecule has 1 aliphatic rings. The van der Waals surface area contributed by atoms with Gasteiger partial charge in [0.15, 0.2) is 5.96 Å². The Bertz CT molecular complexity index is 684. The predicted molar refractivity (Wildman–Crippen MR) is 127 cm³/mol. The first-order chi connectivity index (χ1) is 13.5. The van der Waals surface area contributed by atoms with Gasteiger partial charge in [0.1, 0.15) is 11.5 Å². The molecule has 1 unspecified atom stereocenters. The second kappa shape index (κ2) is 12.8. The molecule has 164 valence electrons. The number of hydrogen-bond acceptors (Lipinski definition) is 4. The summed E-state index contributed by atoms with van der Waals surface area (Å²) in [7, 11) is 7.00. The number of carbonyl (C=O) groups is 1. The molecule has 8 heteroatoms. The van der Waals surface area contributed by atoms with Gasteiger partial charge in [-0.05, 0) is 30.9 Å². The van der Waals surface area contributed by atoms with Crippen LogP contribution in [-0.2, 0) is 11.3 Å². The van der Waals surface area contributed by atoms with Crippen molar-refractivity contribution in [3.8, 4) is 11.5 Å². The molecule has 2 rings (SSSR count). The molecule has 1 atom stereocenters. The average molecular weight is 518 g/mol. The van der Waals surface area contributed by atoms with E-state index in [0.29, 0.717) is 25.4 Å². The smallest absolute Gasteiger partial charge is 0.224 e. The second-order valence-corrected chi connectivity index (χ2v) is 7.34. The Hall–Kier alpha value is -1.71. The van der Waals surface area contributed by atoms with Crippen molar-refractivity contribution in [2.24, 2.45) is 10.9 Å². The summed E-state index contributed by atoms with van der Waals surface area (Å²) < 4.78 is 10.7. The van der Waals surface area contributed by atoms with E-state index in [1.807, 2.05) is 35.0 Å². The molecule has 1 saturated heterocycles. The zero-order valence-corrected chi connectivity index (χ0v) is 20.6. The van der Waals surface area contributed by atoms with E-state index in [-0.39, 0.29) is 29.9 Å². The number of piperidine rings is 1. The Labute approximate surface area is 191 Å². The van der Waals surface area contributed by atoms with Gasteiger partial charge in [0.25, 0.3) is 0 Å². The fraction of sp³-hybridized carbons (Fsp3) is 0.619. The molecule has 1 aromatic carbocycles. The van der Waals surface area contributed by atoms with Crippen LogP contribution in [0.5, 0.6) is 11.5 Å².